The summed E-state index contributed by atoms with van der Waals surface area (Å²) in [7, 11) is 0. The first-order chi connectivity index (χ1) is 8.84. The summed E-state index contributed by atoms with van der Waals surface area (Å²) in [6.07, 6.45) is 9.20. The molecule has 3 unspecified atom stereocenters. The van der Waals surface area contributed by atoms with Crippen LogP contribution in [0.4, 0.5) is 0 Å². The molecule has 3 nitrogen and oxygen atoms in total. The van der Waals surface area contributed by atoms with Crippen molar-refractivity contribution in [2.45, 2.75) is 44.9 Å². The second-order valence-electron chi connectivity index (χ2n) is 6.25. The van der Waals surface area contributed by atoms with Crippen LogP contribution in [0.3, 0.4) is 0 Å². The van der Waals surface area contributed by atoms with Crippen LogP contribution in [0.15, 0.2) is 0 Å². The summed E-state index contributed by atoms with van der Waals surface area (Å²) in [5.74, 6) is 2.53. The Hall–Kier alpha value is -0.570. The van der Waals surface area contributed by atoms with Crippen LogP contribution in [0.5, 0.6) is 0 Å². The van der Waals surface area contributed by atoms with Crippen molar-refractivity contribution in [1.82, 2.24) is 4.90 Å². The molecule has 2 saturated carbocycles. The lowest BCUT2D eigenvalue weighted by Gasteiger charge is -2.40. The highest BCUT2D eigenvalue weighted by Crippen LogP contribution is 2.43. The predicted octanol–water partition coefficient (Wildman–Crippen LogP) is 2.45. The first-order valence-electron chi connectivity index (χ1n) is 7.71. The van der Waals surface area contributed by atoms with Gasteiger partial charge in [-0.2, -0.15) is 0 Å². The van der Waals surface area contributed by atoms with Gasteiger partial charge < -0.3 is 9.64 Å². The summed E-state index contributed by atoms with van der Waals surface area (Å²) < 4.78 is 5.33. The van der Waals surface area contributed by atoms with Crippen LogP contribution < -0.4 is 0 Å². The fourth-order valence-corrected chi connectivity index (χ4v) is 4.14. The lowest BCUT2D eigenvalue weighted by molar-refractivity contribution is -0.142. The highest BCUT2D eigenvalue weighted by Gasteiger charge is 2.36. The average molecular weight is 251 g/mol. The van der Waals surface area contributed by atoms with Gasteiger partial charge in [-0.15, -0.1) is 0 Å². The molecule has 1 heterocycles. The van der Waals surface area contributed by atoms with Crippen LogP contribution in [0.25, 0.3) is 0 Å². The molecule has 3 heteroatoms. The zero-order chi connectivity index (χ0) is 12.4. The maximum Gasteiger partial charge on any atom is 0.225 e. The Morgan fingerprint density at radius 2 is 1.67 bits per heavy atom. The minimum atomic E-state index is 0.322. The molecule has 0 aromatic heterocycles. The number of carbonyl (C=O) groups excluding carboxylic acids is 1. The van der Waals surface area contributed by atoms with E-state index in [4.69, 9.17) is 4.74 Å². The van der Waals surface area contributed by atoms with E-state index in [0.29, 0.717) is 11.8 Å². The number of ether oxygens (including phenoxy) is 1. The van der Waals surface area contributed by atoms with Crippen molar-refractivity contribution in [1.29, 1.82) is 0 Å². The molecule has 0 aromatic carbocycles. The smallest absolute Gasteiger partial charge is 0.225 e. The molecule has 102 valence electrons. The molecule has 1 saturated heterocycles. The topological polar surface area (TPSA) is 29.5 Å². The molecule has 3 aliphatic rings. The molecule has 3 rings (SSSR count). The number of hydrogen-bond acceptors (Lipinski definition) is 2. The standard InChI is InChI=1S/C15H25NO2/c17-15(16-7-9-18-10-8-16)14-6-5-12-3-1-2-4-13(12)11-14/h12-14H,1-11H2. The van der Waals surface area contributed by atoms with Gasteiger partial charge in [0.1, 0.15) is 0 Å². The van der Waals surface area contributed by atoms with E-state index in [1.54, 1.807) is 0 Å². The van der Waals surface area contributed by atoms with Crippen LogP contribution in [-0.2, 0) is 9.53 Å². The first-order valence-corrected chi connectivity index (χ1v) is 7.71. The Kier molecular flexibility index (Phi) is 3.88. The molecule has 0 N–H and O–H groups in total. The van der Waals surface area contributed by atoms with Crippen LogP contribution in [0.1, 0.15) is 44.9 Å². The highest BCUT2D eigenvalue weighted by atomic mass is 16.5. The van der Waals surface area contributed by atoms with Gasteiger partial charge >= 0.3 is 0 Å². The molecular formula is C15H25NO2. The summed E-state index contributed by atoms with van der Waals surface area (Å²) in [6.45, 7) is 3.07. The van der Waals surface area contributed by atoms with Gasteiger partial charge in [-0.1, -0.05) is 25.7 Å². The van der Waals surface area contributed by atoms with Crippen LogP contribution in [0, 0.1) is 17.8 Å². The Bertz CT molecular complexity index is 299. The van der Waals surface area contributed by atoms with E-state index < -0.39 is 0 Å². The highest BCUT2D eigenvalue weighted by molar-refractivity contribution is 5.79. The summed E-state index contributed by atoms with van der Waals surface area (Å²) in [5.41, 5.74) is 0. The van der Waals surface area contributed by atoms with Crippen molar-refractivity contribution in [2.75, 3.05) is 26.3 Å². The van der Waals surface area contributed by atoms with Crippen molar-refractivity contribution in [3.8, 4) is 0 Å². The molecular weight excluding hydrogens is 226 g/mol. The van der Waals surface area contributed by atoms with Gasteiger partial charge in [0.25, 0.3) is 0 Å². The van der Waals surface area contributed by atoms with E-state index in [1.165, 1.54) is 38.5 Å². The minimum absolute atomic E-state index is 0.322. The number of amides is 1. The maximum atomic E-state index is 12.5. The van der Waals surface area contributed by atoms with E-state index in [9.17, 15) is 4.79 Å². The molecule has 0 bridgehead atoms. The summed E-state index contributed by atoms with van der Waals surface area (Å²) in [5, 5.41) is 0. The quantitative estimate of drug-likeness (QED) is 0.716. The molecule has 3 atom stereocenters. The molecule has 0 radical (unpaired) electrons. The van der Waals surface area contributed by atoms with Crippen molar-refractivity contribution < 1.29 is 9.53 Å². The average Bonchev–Trinajstić information content (AvgIpc) is 2.47. The van der Waals surface area contributed by atoms with Crippen molar-refractivity contribution in [3.05, 3.63) is 0 Å². The molecule has 18 heavy (non-hydrogen) atoms. The molecule has 0 spiro atoms. The lowest BCUT2D eigenvalue weighted by atomic mass is 9.67. The van der Waals surface area contributed by atoms with Crippen molar-refractivity contribution in [3.63, 3.8) is 0 Å². The van der Waals surface area contributed by atoms with Crippen LogP contribution in [0.2, 0.25) is 0 Å². The number of carbonyl (C=O) groups is 1. The van der Waals surface area contributed by atoms with Gasteiger partial charge in [-0.25, -0.2) is 0 Å². The Balaban J connectivity index is 1.57. The lowest BCUT2D eigenvalue weighted by Crippen LogP contribution is -2.45. The Labute approximate surface area is 110 Å². The second-order valence-corrected chi connectivity index (χ2v) is 6.25. The summed E-state index contributed by atoms with van der Waals surface area (Å²) in [4.78, 5) is 14.5. The van der Waals surface area contributed by atoms with Crippen molar-refractivity contribution >= 4 is 5.91 Å². The van der Waals surface area contributed by atoms with E-state index in [1.807, 2.05) is 4.90 Å². The SMILES string of the molecule is O=C(C1CCC2CCCCC2C1)N1CCOCC1. The fraction of sp³-hybridized carbons (Fsp3) is 0.933. The van der Waals surface area contributed by atoms with E-state index >= 15 is 0 Å². The van der Waals surface area contributed by atoms with E-state index in [2.05, 4.69) is 0 Å². The minimum Gasteiger partial charge on any atom is -0.378 e. The van der Waals surface area contributed by atoms with Gasteiger partial charge in [0.2, 0.25) is 5.91 Å². The number of morpholine rings is 1. The van der Waals surface area contributed by atoms with Gasteiger partial charge in [0.15, 0.2) is 0 Å². The van der Waals surface area contributed by atoms with Crippen LogP contribution >= 0.6 is 0 Å². The third-order valence-electron chi connectivity index (χ3n) is 5.21. The molecule has 1 amide bonds. The van der Waals surface area contributed by atoms with Gasteiger partial charge in [-0.3, -0.25) is 4.79 Å². The Morgan fingerprint density at radius 3 is 2.44 bits per heavy atom. The van der Waals surface area contributed by atoms with Crippen molar-refractivity contribution in [2.24, 2.45) is 17.8 Å². The molecule has 2 aliphatic carbocycles. The number of rotatable bonds is 1. The van der Waals surface area contributed by atoms with Crippen LogP contribution in [-0.4, -0.2) is 37.1 Å². The third-order valence-corrected chi connectivity index (χ3v) is 5.21. The molecule has 1 aliphatic heterocycles. The number of hydrogen-bond donors (Lipinski definition) is 0. The van der Waals surface area contributed by atoms with Gasteiger partial charge in [0.05, 0.1) is 13.2 Å². The fourth-order valence-electron chi connectivity index (χ4n) is 4.14. The van der Waals surface area contributed by atoms with Gasteiger partial charge in [0, 0.05) is 19.0 Å². The van der Waals surface area contributed by atoms with E-state index in [-0.39, 0.29) is 0 Å². The third kappa shape index (κ3) is 2.56. The largest absolute Gasteiger partial charge is 0.378 e. The molecule has 0 aromatic rings. The number of nitrogens with zero attached hydrogens (tertiary/aromatic N) is 1. The summed E-state index contributed by atoms with van der Waals surface area (Å²) in [6, 6.07) is 0. The Morgan fingerprint density at radius 1 is 0.944 bits per heavy atom. The first kappa shape index (κ1) is 12.5. The predicted molar refractivity (Wildman–Crippen MR) is 70.2 cm³/mol. The zero-order valence-electron chi connectivity index (χ0n) is 11.3. The number of fused-ring (bicyclic) bond motifs is 1. The monoisotopic (exact) mass is 251 g/mol. The second kappa shape index (κ2) is 5.60. The molecule has 3 fully saturated rings. The maximum absolute atomic E-state index is 12.5. The normalized spacial score (nSPS) is 37.1. The zero-order valence-corrected chi connectivity index (χ0v) is 11.3. The van der Waals surface area contributed by atoms with E-state index in [0.717, 1.165) is 44.6 Å². The van der Waals surface area contributed by atoms with Gasteiger partial charge in [-0.05, 0) is 31.1 Å². The summed E-state index contributed by atoms with van der Waals surface area (Å²) >= 11 is 0.